The van der Waals surface area contributed by atoms with E-state index in [0.29, 0.717) is 5.56 Å². The number of aldehydes is 1. The largest absolute Gasteiger partial charge is 0.444 e. The van der Waals surface area contributed by atoms with Crippen LogP contribution in [0, 0.1) is 0 Å². The van der Waals surface area contributed by atoms with Crippen LogP contribution in [0.1, 0.15) is 44.0 Å². The van der Waals surface area contributed by atoms with Gasteiger partial charge in [0.05, 0.1) is 0 Å². The second kappa shape index (κ2) is 6.81. The van der Waals surface area contributed by atoms with Gasteiger partial charge < -0.3 is 15.0 Å². The number of carbonyl (C=O) groups is 2. The Morgan fingerprint density at radius 2 is 1.82 bits per heavy atom. The number of nitrogens with zero attached hydrogens (tertiary/aromatic N) is 1. The molecule has 1 saturated heterocycles. The average molecular weight is 304 g/mol. The van der Waals surface area contributed by atoms with Crippen LogP contribution in [0.4, 0.5) is 10.5 Å². The lowest BCUT2D eigenvalue weighted by Crippen LogP contribution is -2.46. The van der Waals surface area contributed by atoms with E-state index in [1.54, 1.807) is 0 Å². The fraction of sp³-hybridized carbons (Fsp3) is 0.529. The molecule has 1 aromatic carbocycles. The molecule has 22 heavy (non-hydrogen) atoms. The van der Waals surface area contributed by atoms with Crippen LogP contribution >= 0.6 is 0 Å². The number of rotatable bonds is 3. The van der Waals surface area contributed by atoms with Crippen LogP contribution in [-0.4, -0.2) is 37.1 Å². The molecule has 2 rings (SSSR count). The number of amides is 1. The first kappa shape index (κ1) is 16.3. The third-order valence-corrected chi connectivity index (χ3v) is 3.61. The van der Waals surface area contributed by atoms with Crippen LogP contribution in [0.3, 0.4) is 0 Å². The summed E-state index contributed by atoms with van der Waals surface area (Å²) in [6, 6.07) is 7.73. The van der Waals surface area contributed by atoms with Gasteiger partial charge in [-0.15, -0.1) is 0 Å². The van der Waals surface area contributed by atoms with E-state index in [0.717, 1.165) is 37.9 Å². The molecule has 0 aromatic heterocycles. The number of alkyl carbamates (subject to hydrolysis) is 1. The summed E-state index contributed by atoms with van der Waals surface area (Å²) in [6.45, 7) is 7.33. The standard InChI is InChI=1S/C17H24N2O3/c1-17(2,3)22-16(21)18-14-8-10-19(11-9-14)15-6-4-13(12-20)5-7-15/h4-7,12,14H,8-11H2,1-3H3,(H,18,21). The maximum atomic E-state index is 11.8. The summed E-state index contributed by atoms with van der Waals surface area (Å²) in [5, 5.41) is 2.93. The molecule has 1 aliphatic rings. The number of nitrogens with one attached hydrogen (secondary N) is 1. The Bertz CT molecular complexity index is 512. The summed E-state index contributed by atoms with van der Waals surface area (Å²) in [5.41, 5.74) is 1.33. The first-order valence-electron chi connectivity index (χ1n) is 7.67. The Balaban J connectivity index is 1.82. The fourth-order valence-electron chi connectivity index (χ4n) is 2.52. The van der Waals surface area contributed by atoms with Crippen molar-refractivity contribution in [1.82, 2.24) is 5.32 Å². The van der Waals surface area contributed by atoms with Gasteiger partial charge in [0.1, 0.15) is 11.9 Å². The van der Waals surface area contributed by atoms with E-state index in [1.165, 1.54) is 0 Å². The molecule has 5 nitrogen and oxygen atoms in total. The SMILES string of the molecule is CC(C)(C)OC(=O)NC1CCN(c2ccc(C=O)cc2)CC1. The molecule has 1 aliphatic heterocycles. The molecule has 1 N–H and O–H groups in total. The molecule has 1 aromatic rings. The van der Waals surface area contributed by atoms with Crippen LogP contribution in [0.25, 0.3) is 0 Å². The van der Waals surface area contributed by atoms with Crippen molar-refractivity contribution in [2.24, 2.45) is 0 Å². The van der Waals surface area contributed by atoms with Crippen LogP contribution in [-0.2, 0) is 4.74 Å². The number of hydrogen-bond acceptors (Lipinski definition) is 4. The molecular weight excluding hydrogens is 280 g/mol. The molecule has 0 radical (unpaired) electrons. The molecule has 120 valence electrons. The fourth-order valence-corrected chi connectivity index (χ4v) is 2.52. The van der Waals surface area contributed by atoms with Gasteiger partial charge in [-0.3, -0.25) is 4.79 Å². The third kappa shape index (κ3) is 4.76. The molecule has 0 bridgehead atoms. The topological polar surface area (TPSA) is 58.6 Å². The van der Waals surface area contributed by atoms with Gasteiger partial charge in [-0.2, -0.15) is 0 Å². The molecule has 1 fully saturated rings. The number of anilines is 1. The van der Waals surface area contributed by atoms with E-state index < -0.39 is 5.60 Å². The van der Waals surface area contributed by atoms with Crippen LogP contribution in [0.2, 0.25) is 0 Å². The third-order valence-electron chi connectivity index (χ3n) is 3.61. The van der Waals surface area contributed by atoms with Gasteiger partial charge in [0, 0.05) is 30.4 Å². The van der Waals surface area contributed by atoms with Crippen molar-refractivity contribution in [1.29, 1.82) is 0 Å². The molecule has 1 amide bonds. The van der Waals surface area contributed by atoms with Gasteiger partial charge >= 0.3 is 6.09 Å². The highest BCUT2D eigenvalue weighted by atomic mass is 16.6. The Hall–Kier alpha value is -2.04. The number of ether oxygens (including phenoxy) is 1. The Labute approximate surface area is 131 Å². The van der Waals surface area contributed by atoms with Gasteiger partial charge in [-0.1, -0.05) is 0 Å². The number of hydrogen-bond donors (Lipinski definition) is 1. The summed E-state index contributed by atoms with van der Waals surface area (Å²) in [7, 11) is 0. The first-order valence-corrected chi connectivity index (χ1v) is 7.67. The van der Waals surface area contributed by atoms with E-state index in [9.17, 15) is 9.59 Å². The minimum absolute atomic E-state index is 0.153. The molecule has 0 spiro atoms. The van der Waals surface area contributed by atoms with Gasteiger partial charge in [-0.25, -0.2) is 4.79 Å². The number of piperidine rings is 1. The molecule has 0 atom stereocenters. The van der Waals surface area contributed by atoms with Crippen molar-refractivity contribution in [3.8, 4) is 0 Å². The minimum atomic E-state index is -0.467. The minimum Gasteiger partial charge on any atom is -0.444 e. The predicted octanol–water partition coefficient (Wildman–Crippen LogP) is 2.99. The zero-order valence-electron chi connectivity index (χ0n) is 13.5. The van der Waals surface area contributed by atoms with E-state index in [-0.39, 0.29) is 12.1 Å². The zero-order chi connectivity index (χ0) is 16.2. The van der Waals surface area contributed by atoms with Gasteiger partial charge in [0.15, 0.2) is 0 Å². The normalized spacial score (nSPS) is 16.2. The van der Waals surface area contributed by atoms with E-state index in [4.69, 9.17) is 4.74 Å². The summed E-state index contributed by atoms with van der Waals surface area (Å²) in [5.74, 6) is 0. The van der Waals surface area contributed by atoms with Gasteiger partial charge in [0.25, 0.3) is 0 Å². The maximum Gasteiger partial charge on any atom is 0.407 e. The van der Waals surface area contributed by atoms with Gasteiger partial charge in [-0.05, 0) is 57.9 Å². The summed E-state index contributed by atoms with van der Waals surface area (Å²) >= 11 is 0. The zero-order valence-corrected chi connectivity index (χ0v) is 13.5. The average Bonchev–Trinajstić information content (AvgIpc) is 2.46. The summed E-state index contributed by atoms with van der Waals surface area (Å²) in [4.78, 5) is 24.7. The highest BCUT2D eigenvalue weighted by Gasteiger charge is 2.23. The van der Waals surface area contributed by atoms with Crippen molar-refractivity contribution >= 4 is 18.1 Å². The molecular formula is C17H24N2O3. The second-order valence-electron chi connectivity index (χ2n) is 6.62. The first-order chi connectivity index (χ1) is 10.4. The van der Waals surface area contributed by atoms with E-state index >= 15 is 0 Å². The van der Waals surface area contributed by atoms with E-state index in [1.807, 2.05) is 45.0 Å². The highest BCUT2D eigenvalue weighted by Crippen LogP contribution is 2.20. The lowest BCUT2D eigenvalue weighted by Gasteiger charge is -2.34. The summed E-state index contributed by atoms with van der Waals surface area (Å²) in [6.07, 6.45) is 2.27. The number of carbonyl (C=O) groups excluding carboxylic acids is 2. The van der Waals surface area contributed by atoms with Crippen molar-refractivity contribution in [2.75, 3.05) is 18.0 Å². The predicted molar refractivity (Wildman–Crippen MR) is 86.4 cm³/mol. The monoisotopic (exact) mass is 304 g/mol. The summed E-state index contributed by atoms with van der Waals surface area (Å²) < 4.78 is 5.28. The molecule has 5 heteroatoms. The van der Waals surface area contributed by atoms with E-state index in [2.05, 4.69) is 10.2 Å². The highest BCUT2D eigenvalue weighted by molar-refractivity contribution is 5.75. The van der Waals surface area contributed by atoms with Crippen LogP contribution in [0.15, 0.2) is 24.3 Å². The lowest BCUT2D eigenvalue weighted by molar-refractivity contribution is 0.0497. The number of benzene rings is 1. The van der Waals surface area contributed by atoms with Crippen molar-refractivity contribution in [3.63, 3.8) is 0 Å². The van der Waals surface area contributed by atoms with Crippen molar-refractivity contribution < 1.29 is 14.3 Å². The molecule has 0 aliphatic carbocycles. The quantitative estimate of drug-likeness (QED) is 0.872. The Morgan fingerprint density at radius 3 is 2.32 bits per heavy atom. The molecule has 1 heterocycles. The van der Waals surface area contributed by atoms with Gasteiger partial charge in [0.2, 0.25) is 0 Å². The van der Waals surface area contributed by atoms with Crippen molar-refractivity contribution in [3.05, 3.63) is 29.8 Å². The molecule has 0 unspecified atom stereocenters. The molecule has 0 saturated carbocycles. The van der Waals surface area contributed by atoms with Crippen LogP contribution in [0.5, 0.6) is 0 Å². The van der Waals surface area contributed by atoms with Crippen molar-refractivity contribution in [2.45, 2.75) is 45.3 Å². The Morgan fingerprint density at radius 1 is 1.23 bits per heavy atom. The smallest absolute Gasteiger partial charge is 0.407 e. The maximum absolute atomic E-state index is 11.8. The second-order valence-corrected chi connectivity index (χ2v) is 6.62. The lowest BCUT2D eigenvalue weighted by atomic mass is 10.0. The Kier molecular flexibility index (Phi) is 5.06. The van der Waals surface area contributed by atoms with Crippen LogP contribution < -0.4 is 10.2 Å².